The molecule has 0 saturated heterocycles. The van der Waals surface area contributed by atoms with Crippen molar-refractivity contribution < 1.29 is 9.66 Å². The molecule has 2 rings (SSSR count). The fraction of sp³-hybridized carbons (Fsp3) is 0.500. The smallest absolute Gasteiger partial charge is 0.269 e. The number of ether oxygens (including phenoxy) is 1. The van der Waals surface area contributed by atoms with Crippen LogP contribution in [0.25, 0.3) is 0 Å². The van der Waals surface area contributed by atoms with Gasteiger partial charge in [0.2, 0.25) is 0 Å². The molecule has 0 heterocycles. The van der Waals surface area contributed by atoms with Crippen LogP contribution in [0.15, 0.2) is 24.3 Å². The van der Waals surface area contributed by atoms with E-state index >= 15 is 0 Å². The molecule has 5 heteroatoms. The van der Waals surface area contributed by atoms with Crippen molar-refractivity contribution >= 4 is 5.69 Å². The van der Waals surface area contributed by atoms with Gasteiger partial charge in [-0.05, 0) is 37.8 Å². The molecular weight excluding hydrogens is 220 g/mol. The van der Waals surface area contributed by atoms with Gasteiger partial charge in [0.25, 0.3) is 5.69 Å². The first-order chi connectivity index (χ1) is 8.15. The van der Waals surface area contributed by atoms with Crippen LogP contribution in [0, 0.1) is 10.1 Å². The van der Waals surface area contributed by atoms with E-state index in [2.05, 4.69) is 0 Å². The monoisotopic (exact) mass is 236 g/mol. The Bertz CT molecular complexity index is 391. The molecule has 2 N–H and O–H groups in total. The summed E-state index contributed by atoms with van der Waals surface area (Å²) in [6.07, 6.45) is 4.14. The molecule has 0 bridgehead atoms. The normalized spacial score (nSPS) is 24.3. The average Bonchev–Trinajstić information content (AvgIpc) is 2.29. The maximum Gasteiger partial charge on any atom is 0.269 e. The number of nitro benzene ring substituents is 1. The van der Waals surface area contributed by atoms with Crippen molar-refractivity contribution in [2.75, 3.05) is 0 Å². The summed E-state index contributed by atoms with van der Waals surface area (Å²) < 4.78 is 5.76. The summed E-state index contributed by atoms with van der Waals surface area (Å²) in [5, 5.41) is 10.5. The molecule has 0 aromatic heterocycles. The predicted molar refractivity (Wildman–Crippen MR) is 64.0 cm³/mol. The minimum absolute atomic E-state index is 0.0812. The van der Waals surface area contributed by atoms with Crippen LogP contribution in [-0.4, -0.2) is 17.1 Å². The number of nitro groups is 1. The minimum atomic E-state index is -0.416. The Kier molecular flexibility index (Phi) is 3.58. The molecule has 0 unspecified atom stereocenters. The van der Waals surface area contributed by atoms with Crippen molar-refractivity contribution in [3.05, 3.63) is 34.4 Å². The molecule has 17 heavy (non-hydrogen) atoms. The summed E-state index contributed by atoms with van der Waals surface area (Å²) >= 11 is 0. The van der Waals surface area contributed by atoms with Crippen molar-refractivity contribution in [2.45, 2.75) is 37.8 Å². The third kappa shape index (κ3) is 3.17. The summed E-state index contributed by atoms with van der Waals surface area (Å²) in [7, 11) is 0. The summed E-state index contributed by atoms with van der Waals surface area (Å²) in [5.41, 5.74) is 5.95. The molecule has 0 aliphatic heterocycles. The number of hydrogen-bond donors (Lipinski definition) is 1. The van der Waals surface area contributed by atoms with Crippen LogP contribution >= 0.6 is 0 Å². The molecule has 1 saturated carbocycles. The maximum absolute atomic E-state index is 10.5. The van der Waals surface area contributed by atoms with Crippen LogP contribution < -0.4 is 10.5 Å². The lowest BCUT2D eigenvalue weighted by Crippen LogP contribution is -2.33. The van der Waals surface area contributed by atoms with E-state index in [4.69, 9.17) is 10.5 Å². The highest BCUT2D eigenvalue weighted by Crippen LogP contribution is 2.24. The second-order valence-corrected chi connectivity index (χ2v) is 4.42. The van der Waals surface area contributed by atoms with Crippen molar-refractivity contribution in [1.29, 1.82) is 0 Å². The van der Waals surface area contributed by atoms with Gasteiger partial charge in [-0.15, -0.1) is 0 Å². The molecule has 1 aliphatic carbocycles. The number of nitrogens with two attached hydrogens (primary N) is 1. The SMILES string of the molecule is N[C@@H]1CCC[C@@H](Oc2ccc([N+](=O)[O-])cc2)C1. The van der Waals surface area contributed by atoms with E-state index in [0.717, 1.165) is 25.7 Å². The molecular formula is C12H16N2O3. The lowest BCUT2D eigenvalue weighted by Gasteiger charge is -2.27. The number of rotatable bonds is 3. The lowest BCUT2D eigenvalue weighted by atomic mass is 9.93. The van der Waals surface area contributed by atoms with Crippen LogP contribution in [-0.2, 0) is 0 Å². The summed E-state index contributed by atoms with van der Waals surface area (Å²) in [6, 6.07) is 6.40. The topological polar surface area (TPSA) is 78.4 Å². The fourth-order valence-electron chi connectivity index (χ4n) is 2.13. The number of benzene rings is 1. The molecule has 2 atom stereocenters. The van der Waals surface area contributed by atoms with Gasteiger partial charge in [0.05, 0.1) is 4.92 Å². The van der Waals surface area contributed by atoms with Crippen LogP contribution in [0.5, 0.6) is 5.75 Å². The van der Waals surface area contributed by atoms with Gasteiger partial charge < -0.3 is 10.5 Å². The maximum atomic E-state index is 10.5. The Morgan fingerprint density at radius 3 is 2.59 bits per heavy atom. The van der Waals surface area contributed by atoms with E-state index in [-0.39, 0.29) is 17.8 Å². The van der Waals surface area contributed by atoms with E-state index in [0.29, 0.717) is 5.75 Å². The second-order valence-electron chi connectivity index (χ2n) is 4.42. The third-order valence-corrected chi connectivity index (χ3v) is 3.02. The first-order valence-electron chi connectivity index (χ1n) is 5.82. The highest BCUT2D eigenvalue weighted by Gasteiger charge is 2.20. The van der Waals surface area contributed by atoms with Gasteiger partial charge in [-0.1, -0.05) is 0 Å². The zero-order chi connectivity index (χ0) is 12.3. The van der Waals surface area contributed by atoms with Gasteiger partial charge >= 0.3 is 0 Å². The van der Waals surface area contributed by atoms with Gasteiger partial charge in [-0.2, -0.15) is 0 Å². The number of hydrogen-bond acceptors (Lipinski definition) is 4. The van der Waals surface area contributed by atoms with Crippen molar-refractivity contribution in [3.63, 3.8) is 0 Å². The van der Waals surface area contributed by atoms with Crippen LogP contribution in [0.3, 0.4) is 0 Å². The van der Waals surface area contributed by atoms with Crippen LogP contribution in [0.2, 0.25) is 0 Å². The van der Waals surface area contributed by atoms with Crippen LogP contribution in [0.1, 0.15) is 25.7 Å². The minimum Gasteiger partial charge on any atom is -0.490 e. The largest absolute Gasteiger partial charge is 0.490 e. The first-order valence-corrected chi connectivity index (χ1v) is 5.82. The van der Waals surface area contributed by atoms with E-state index in [1.165, 1.54) is 12.1 Å². The zero-order valence-corrected chi connectivity index (χ0v) is 9.54. The predicted octanol–water partition coefficient (Wildman–Crippen LogP) is 2.24. The van der Waals surface area contributed by atoms with Crippen molar-refractivity contribution in [1.82, 2.24) is 0 Å². The van der Waals surface area contributed by atoms with Gasteiger partial charge in [-0.25, -0.2) is 0 Å². The average molecular weight is 236 g/mol. The highest BCUT2D eigenvalue weighted by atomic mass is 16.6. The summed E-state index contributed by atoms with van der Waals surface area (Å²) in [4.78, 5) is 10.1. The number of non-ortho nitro benzene ring substituents is 1. The highest BCUT2D eigenvalue weighted by molar-refractivity contribution is 5.36. The Hall–Kier alpha value is -1.62. The lowest BCUT2D eigenvalue weighted by molar-refractivity contribution is -0.384. The molecule has 1 aromatic rings. The van der Waals surface area contributed by atoms with Crippen LogP contribution in [0.4, 0.5) is 5.69 Å². The second kappa shape index (κ2) is 5.14. The van der Waals surface area contributed by atoms with E-state index in [9.17, 15) is 10.1 Å². The van der Waals surface area contributed by atoms with E-state index in [1.807, 2.05) is 0 Å². The van der Waals surface area contributed by atoms with Crippen molar-refractivity contribution in [2.24, 2.45) is 5.73 Å². The molecule has 0 amide bonds. The molecule has 0 spiro atoms. The standard InChI is InChI=1S/C12H16N2O3/c13-9-2-1-3-12(8-9)17-11-6-4-10(5-7-11)14(15)16/h4-7,9,12H,1-3,8,13H2/t9-,12-/m1/s1. The van der Waals surface area contributed by atoms with Gasteiger partial charge in [0.15, 0.2) is 0 Å². The molecule has 92 valence electrons. The molecule has 0 radical (unpaired) electrons. The van der Waals surface area contributed by atoms with Crippen molar-refractivity contribution in [3.8, 4) is 5.75 Å². The van der Waals surface area contributed by atoms with Gasteiger partial charge in [-0.3, -0.25) is 10.1 Å². The Morgan fingerprint density at radius 1 is 1.29 bits per heavy atom. The summed E-state index contributed by atoms with van der Waals surface area (Å²) in [6.45, 7) is 0. The zero-order valence-electron chi connectivity index (χ0n) is 9.54. The molecule has 1 aliphatic rings. The van der Waals surface area contributed by atoms with E-state index in [1.54, 1.807) is 12.1 Å². The third-order valence-electron chi connectivity index (χ3n) is 3.02. The Labute approximate surface area is 99.7 Å². The fourth-order valence-corrected chi connectivity index (χ4v) is 2.13. The quantitative estimate of drug-likeness (QED) is 0.644. The summed E-state index contributed by atoms with van der Waals surface area (Å²) in [5.74, 6) is 0.676. The van der Waals surface area contributed by atoms with Gasteiger partial charge in [0, 0.05) is 18.2 Å². The van der Waals surface area contributed by atoms with E-state index < -0.39 is 4.92 Å². The number of nitrogens with zero attached hydrogens (tertiary/aromatic N) is 1. The molecule has 1 fully saturated rings. The van der Waals surface area contributed by atoms with Gasteiger partial charge in [0.1, 0.15) is 11.9 Å². The Balaban J connectivity index is 1.96. The molecule has 5 nitrogen and oxygen atoms in total. The molecule has 1 aromatic carbocycles. The Morgan fingerprint density at radius 2 is 2.00 bits per heavy atom. The first kappa shape index (κ1) is 11.9.